The standard InChI is InChI=1S/C15H12Cl2O3/c16-12-6-3-5-11(15(12)17)9-20-13-7-2-1-4-10(13)8-14(18)19/h1-7H,8-9H2,(H,18,19). The average molecular weight is 311 g/mol. The largest absolute Gasteiger partial charge is 0.489 e. The lowest BCUT2D eigenvalue weighted by Crippen LogP contribution is -2.04. The van der Waals surface area contributed by atoms with Gasteiger partial charge in [-0.3, -0.25) is 4.79 Å². The Morgan fingerprint density at radius 2 is 1.75 bits per heavy atom. The molecular weight excluding hydrogens is 299 g/mol. The number of aliphatic carboxylic acids is 1. The van der Waals surface area contributed by atoms with Gasteiger partial charge in [-0.1, -0.05) is 53.5 Å². The van der Waals surface area contributed by atoms with Crippen molar-refractivity contribution in [1.29, 1.82) is 0 Å². The van der Waals surface area contributed by atoms with Gasteiger partial charge in [0, 0.05) is 11.1 Å². The molecule has 0 fully saturated rings. The summed E-state index contributed by atoms with van der Waals surface area (Å²) in [7, 11) is 0. The number of ether oxygens (including phenoxy) is 1. The number of carboxylic acids is 1. The molecule has 0 heterocycles. The van der Waals surface area contributed by atoms with Crippen molar-refractivity contribution in [2.75, 3.05) is 0 Å². The number of para-hydroxylation sites is 1. The lowest BCUT2D eigenvalue weighted by molar-refractivity contribution is -0.136. The summed E-state index contributed by atoms with van der Waals surface area (Å²) in [6.07, 6.45) is -0.0839. The van der Waals surface area contributed by atoms with Gasteiger partial charge in [0.25, 0.3) is 0 Å². The van der Waals surface area contributed by atoms with Crippen LogP contribution in [0.3, 0.4) is 0 Å². The first-order valence-electron chi connectivity index (χ1n) is 5.93. The van der Waals surface area contributed by atoms with Crippen molar-refractivity contribution in [2.24, 2.45) is 0 Å². The normalized spacial score (nSPS) is 10.3. The van der Waals surface area contributed by atoms with Crippen molar-refractivity contribution in [2.45, 2.75) is 13.0 Å². The molecular formula is C15H12Cl2O3. The number of carbonyl (C=O) groups is 1. The van der Waals surface area contributed by atoms with E-state index in [1.807, 2.05) is 6.07 Å². The van der Waals surface area contributed by atoms with Crippen LogP contribution in [0, 0.1) is 0 Å². The van der Waals surface area contributed by atoms with Crippen LogP contribution in [0.1, 0.15) is 11.1 Å². The van der Waals surface area contributed by atoms with Crippen LogP contribution in [-0.4, -0.2) is 11.1 Å². The fraction of sp³-hybridized carbons (Fsp3) is 0.133. The zero-order valence-electron chi connectivity index (χ0n) is 10.5. The smallest absolute Gasteiger partial charge is 0.307 e. The minimum atomic E-state index is -0.901. The predicted molar refractivity (Wildman–Crippen MR) is 78.6 cm³/mol. The van der Waals surface area contributed by atoms with Gasteiger partial charge in [0.2, 0.25) is 0 Å². The highest BCUT2D eigenvalue weighted by molar-refractivity contribution is 6.42. The molecule has 5 heteroatoms. The highest BCUT2D eigenvalue weighted by Crippen LogP contribution is 2.27. The molecule has 3 nitrogen and oxygen atoms in total. The topological polar surface area (TPSA) is 46.5 Å². The third-order valence-electron chi connectivity index (χ3n) is 2.73. The molecule has 2 aromatic rings. The van der Waals surface area contributed by atoms with Crippen molar-refractivity contribution < 1.29 is 14.6 Å². The summed E-state index contributed by atoms with van der Waals surface area (Å²) in [4.78, 5) is 10.8. The van der Waals surface area contributed by atoms with Gasteiger partial charge < -0.3 is 9.84 Å². The van der Waals surface area contributed by atoms with Crippen molar-refractivity contribution in [1.82, 2.24) is 0 Å². The molecule has 0 spiro atoms. The minimum absolute atomic E-state index is 0.0839. The van der Waals surface area contributed by atoms with Crippen LogP contribution in [-0.2, 0) is 17.8 Å². The molecule has 0 radical (unpaired) electrons. The Kier molecular flexibility index (Phi) is 4.88. The molecule has 0 aliphatic rings. The molecule has 0 saturated heterocycles. The molecule has 0 unspecified atom stereocenters. The Morgan fingerprint density at radius 3 is 2.50 bits per heavy atom. The van der Waals surface area contributed by atoms with Crippen LogP contribution in [0.25, 0.3) is 0 Å². The Bertz CT molecular complexity index is 626. The molecule has 0 saturated carbocycles. The van der Waals surface area contributed by atoms with E-state index in [0.29, 0.717) is 21.4 Å². The van der Waals surface area contributed by atoms with Crippen LogP contribution in [0.15, 0.2) is 42.5 Å². The fourth-order valence-corrected chi connectivity index (χ4v) is 2.14. The highest BCUT2D eigenvalue weighted by Gasteiger charge is 2.09. The molecule has 0 aliphatic heterocycles. The maximum atomic E-state index is 10.8. The summed E-state index contributed by atoms with van der Waals surface area (Å²) in [6.45, 7) is 0.232. The number of halogens is 2. The molecule has 0 amide bonds. The van der Waals surface area contributed by atoms with E-state index in [9.17, 15) is 4.79 Å². The van der Waals surface area contributed by atoms with Gasteiger partial charge in [0.05, 0.1) is 16.5 Å². The lowest BCUT2D eigenvalue weighted by Gasteiger charge is -2.11. The maximum Gasteiger partial charge on any atom is 0.307 e. The summed E-state index contributed by atoms with van der Waals surface area (Å²) >= 11 is 12.0. The first-order chi connectivity index (χ1) is 9.58. The first kappa shape index (κ1) is 14.7. The van der Waals surface area contributed by atoms with E-state index in [4.69, 9.17) is 33.0 Å². The lowest BCUT2D eigenvalue weighted by atomic mass is 10.1. The Morgan fingerprint density at radius 1 is 1.05 bits per heavy atom. The van der Waals surface area contributed by atoms with Crippen LogP contribution in [0.5, 0.6) is 5.75 Å². The van der Waals surface area contributed by atoms with E-state index < -0.39 is 5.97 Å². The molecule has 104 valence electrons. The minimum Gasteiger partial charge on any atom is -0.489 e. The molecule has 0 aliphatic carbocycles. The van der Waals surface area contributed by atoms with Crippen LogP contribution in [0.2, 0.25) is 10.0 Å². The van der Waals surface area contributed by atoms with Crippen LogP contribution < -0.4 is 4.74 Å². The number of benzene rings is 2. The van der Waals surface area contributed by atoms with E-state index in [1.165, 1.54) is 0 Å². The molecule has 20 heavy (non-hydrogen) atoms. The number of hydrogen-bond donors (Lipinski definition) is 1. The number of hydrogen-bond acceptors (Lipinski definition) is 2. The monoisotopic (exact) mass is 310 g/mol. The summed E-state index contributed by atoms with van der Waals surface area (Å²) in [5.74, 6) is -0.368. The average Bonchev–Trinajstić information content (AvgIpc) is 2.41. The van der Waals surface area contributed by atoms with Gasteiger partial charge in [0.1, 0.15) is 12.4 Å². The highest BCUT2D eigenvalue weighted by atomic mass is 35.5. The SMILES string of the molecule is O=C(O)Cc1ccccc1OCc1cccc(Cl)c1Cl. The summed E-state index contributed by atoms with van der Waals surface area (Å²) in [5, 5.41) is 9.78. The first-order valence-corrected chi connectivity index (χ1v) is 6.69. The quantitative estimate of drug-likeness (QED) is 0.900. The van der Waals surface area contributed by atoms with E-state index in [0.717, 1.165) is 5.56 Å². The number of carboxylic acid groups (broad SMARTS) is 1. The second-order valence-corrected chi connectivity index (χ2v) is 4.97. The summed E-state index contributed by atoms with van der Waals surface area (Å²) in [6, 6.07) is 12.3. The van der Waals surface area contributed by atoms with Crippen LogP contribution in [0.4, 0.5) is 0 Å². The molecule has 2 aromatic carbocycles. The van der Waals surface area contributed by atoms with E-state index in [1.54, 1.807) is 36.4 Å². The third-order valence-corrected chi connectivity index (χ3v) is 3.59. The van der Waals surface area contributed by atoms with Crippen molar-refractivity contribution >= 4 is 29.2 Å². The zero-order chi connectivity index (χ0) is 14.5. The van der Waals surface area contributed by atoms with Gasteiger partial charge >= 0.3 is 5.97 Å². The molecule has 1 N–H and O–H groups in total. The van der Waals surface area contributed by atoms with Crippen molar-refractivity contribution in [3.05, 3.63) is 63.6 Å². The molecule has 0 atom stereocenters. The van der Waals surface area contributed by atoms with Crippen molar-refractivity contribution in [3.63, 3.8) is 0 Å². The predicted octanol–water partition coefficient (Wildman–Crippen LogP) is 4.20. The van der Waals surface area contributed by atoms with Crippen molar-refractivity contribution in [3.8, 4) is 5.75 Å². The second kappa shape index (κ2) is 6.64. The van der Waals surface area contributed by atoms with Gasteiger partial charge in [0.15, 0.2) is 0 Å². The third kappa shape index (κ3) is 3.65. The molecule has 0 bridgehead atoms. The van der Waals surface area contributed by atoms with Gasteiger partial charge in [-0.25, -0.2) is 0 Å². The van der Waals surface area contributed by atoms with E-state index >= 15 is 0 Å². The fourth-order valence-electron chi connectivity index (χ4n) is 1.77. The molecule has 2 rings (SSSR count). The second-order valence-electron chi connectivity index (χ2n) is 4.18. The van der Waals surface area contributed by atoms with Gasteiger partial charge in [-0.2, -0.15) is 0 Å². The molecule has 0 aromatic heterocycles. The maximum absolute atomic E-state index is 10.8. The van der Waals surface area contributed by atoms with E-state index in [-0.39, 0.29) is 13.0 Å². The van der Waals surface area contributed by atoms with Gasteiger partial charge in [-0.05, 0) is 12.1 Å². The zero-order valence-corrected chi connectivity index (χ0v) is 12.0. The van der Waals surface area contributed by atoms with Crippen LogP contribution >= 0.6 is 23.2 Å². The Balaban J connectivity index is 2.15. The Hall–Kier alpha value is -1.71. The Labute approximate surface area is 126 Å². The summed E-state index contributed by atoms with van der Waals surface area (Å²) < 4.78 is 5.65. The van der Waals surface area contributed by atoms with E-state index in [2.05, 4.69) is 0 Å². The summed E-state index contributed by atoms with van der Waals surface area (Å²) in [5.41, 5.74) is 1.38. The number of rotatable bonds is 5. The van der Waals surface area contributed by atoms with Gasteiger partial charge in [-0.15, -0.1) is 0 Å².